The highest BCUT2D eigenvalue weighted by Crippen LogP contribution is 2.37. The number of rotatable bonds is 4. The summed E-state index contributed by atoms with van der Waals surface area (Å²) in [5.41, 5.74) is 4.64. The molecule has 1 aliphatic heterocycles. The lowest BCUT2D eigenvalue weighted by Gasteiger charge is -2.29. The molecule has 0 spiro atoms. The van der Waals surface area contributed by atoms with Gasteiger partial charge in [-0.25, -0.2) is 0 Å². The summed E-state index contributed by atoms with van der Waals surface area (Å²) >= 11 is 0. The summed E-state index contributed by atoms with van der Waals surface area (Å²) < 4.78 is 39.6. The molecule has 0 bridgehead atoms. The van der Waals surface area contributed by atoms with Crippen LogP contribution >= 0.6 is 0 Å². The Morgan fingerprint density at radius 2 is 1.30 bits per heavy atom. The Labute approximate surface area is 222 Å². The van der Waals surface area contributed by atoms with Crippen LogP contribution in [0.5, 0.6) is 0 Å². The maximum atomic E-state index is 13.2. The molecule has 0 fully saturated rings. The minimum atomic E-state index is -4.38. The molecule has 0 aliphatic carbocycles. The van der Waals surface area contributed by atoms with Crippen molar-refractivity contribution in [1.82, 2.24) is 10.6 Å². The van der Waals surface area contributed by atoms with E-state index >= 15 is 0 Å². The quantitative estimate of drug-likeness (QED) is 0.364. The first-order valence-corrected chi connectivity index (χ1v) is 13.2. The van der Waals surface area contributed by atoms with Gasteiger partial charge in [-0.15, -0.1) is 0 Å². The maximum Gasteiger partial charge on any atom is 0.417 e. The Morgan fingerprint density at radius 1 is 0.784 bits per heavy atom. The standard InChI is InChI=1S/C17H15F3N2.C8H10.C5H12.C2H6/c1-21-16-12-7-3-2-6-11(12)10-15(22-16)13-8-4-5-9-14(13)17(18,19)20;1-7-5-3-4-6-8(7)2;1-3-5-4-2;1-2/h2-10,16,21-22H,1H3;3-6H,1-2H3;3-5H2,1-2H3;1-2H3. The lowest BCUT2D eigenvalue weighted by Crippen LogP contribution is -2.33. The molecule has 3 aromatic rings. The van der Waals surface area contributed by atoms with Gasteiger partial charge in [0.05, 0.1) is 5.56 Å². The second kappa shape index (κ2) is 16.6. The molecule has 0 radical (unpaired) electrons. The van der Waals surface area contributed by atoms with E-state index in [0.29, 0.717) is 5.70 Å². The van der Waals surface area contributed by atoms with Gasteiger partial charge in [-0.2, -0.15) is 13.2 Å². The predicted molar refractivity (Wildman–Crippen MR) is 153 cm³/mol. The summed E-state index contributed by atoms with van der Waals surface area (Å²) in [5, 5.41) is 6.22. The molecule has 0 saturated carbocycles. The van der Waals surface area contributed by atoms with Crippen molar-refractivity contribution >= 4 is 11.8 Å². The van der Waals surface area contributed by atoms with E-state index in [1.165, 1.54) is 42.5 Å². The Morgan fingerprint density at radius 3 is 1.78 bits per heavy atom. The fraction of sp³-hybridized carbons (Fsp3) is 0.375. The lowest BCUT2D eigenvalue weighted by molar-refractivity contribution is -0.137. The van der Waals surface area contributed by atoms with Gasteiger partial charge in [-0.1, -0.05) is 114 Å². The van der Waals surface area contributed by atoms with Crippen molar-refractivity contribution in [3.8, 4) is 0 Å². The zero-order chi connectivity index (χ0) is 27.8. The number of nitrogens with one attached hydrogen (secondary N) is 2. The maximum absolute atomic E-state index is 13.2. The van der Waals surface area contributed by atoms with Gasteiger partial charge in [0.25, 0.3) is 0 Å². The first-order valence-electron chi connectivity index (χ1n) is 13.2. The van der Waals surface area contributed by atoms with Crippen LogP contribution in [-0.4, -0.2) is 7.05 Å². The summed E-state index contributed by atoms with van der Waals surface area (Å²) in [5.74, 6) is 0. The highest BCUT2D eigenvalue weighted by atomic mass is 19.4. The average molecular weight is 513 g/mol. The van der Waals surface area contributed by atoms with Crippen molar-refractivity contribution < 1.29 is 13.2 Å². The fourth-order valence-corrected chi connectivity index (χ4v) is 3.70. The van der Waals surface area contributed by atoms with E-state index in [1.807, 2.05) is 38.1 Å². The van der Waals surface area contributed by atoms with Crippen LogP contribution in [0.2, 0.25) is 0 Å². The van der Waals surface area contributed by atoms with E-state index in [-0.39, 0.29) is 11.7 Å². The number of halogens is 3. The molecule has 4 rings (SSSR count). The molecule has 1 unspecified atom stereocenters. The van der Waals surface area contributed by atoms with Crippen molar-refractivity contribution in [1.29, 1.82) is 0 Å². The molecule has 202 valence electrons. The summed E-state index contributed by atoms with van der Waals surface area (Å²) in [4.78, 5) is 0. The molecule has 3 aromatic carbocycles. The van der Waals surface area contributed by atoms with Gasteiger partial charge in [0, 0.05) is 11.3 Å². The van der Waals surface area contributed by atoms with Crippen LogP contribution in [0.1, 0.15) is 86.5 Å². The third kappa shape index (κ3) is 10.1. The van der Waals surface area contributed by atoms with Crippen LogP contribution < -0.4 is 10.6 Å². The molecule has 37 heavy (non-hydrogen) atoms. The van der Waals surface area contributed by atoms with Gasteiger partial charge in [0.1, 0.15) is 6.17 Å². The van der Waals surface area contributed by atoms with Crippen molar-refractivity contribution in [2.24, 2.45) is 0 Å². The summed E-state index contributed by atoms with van der Waals surface area (Å²) in [6.45, 7) is 12.7. The van der Waals surface area contributed by atoms with Crippen LogP contribution in [0.4, 0.5) is 13.2 Å². The van der Waals surface area contributed by atoms with Gasteiger partial charge < -0.3 is 5.32 Å². The van der Waals surface area contributed by atoms with E-state index in [1.54, 1.807) is 19.2 Å². The number of hydrogen-bond donors (Lipinski definition) is 2. The molecule has 0 aromatic heterocycles. The van der Waals surface area contributed by atoms with Crippen LogP contribution in [0, 0.1) is 13.8 Å². The highest BCUT2D eigenvalue weighted by Gasteiger charge is 2.34. The summed E-state index contributed by atoms with van der Waals surface area (Å²) in [7, 11) is 1.77. The lowest BCUT2D eigenvalue weighted by atomic mass is 9.95. The van der Waals surface area contributed by atoms with E-state index in [0.717, 1.165) is 17.2 Å². The topological polar surface area (TPSA) is 24.1 Å². The molecule has 1 atom stereocenters. The van der Waals surface area contributed by atoms with Crippen molar-refractivity contribution in [2.75, 3.05) is 7.05 Å². The van der Waals surface area contributed by atoms with Crippen LogP contribution in [0.25, 0.3) is 11.8 Å². The molecule has 5 heteroatoms. The van der Waals surface area contributed by atoms with E-state index in [4.69, 9.17) is 0 Å². The van der Waals surface area contributed by atoms with Gasteiger partial charge in [-0.05, 0) is 55.3 Å². The van der Waals surface area contributed by atoms with E-state index in [9.17, 15) is 13.2 Å². The van der Waals surface area contributed by atoms with Gasteiger partial charge >= 0.3 is 6.18 Å². The molecule has 2 N–H and O–H groups in total. The monoisotopic (exact) mass is 512 g/mol. The SMILES string of the molecule is CC.CCCCC.CNC1NC(c2ccccc2C(F)(F)F)=Cc2ccccc21.Cc1ccccc1C. The van der Waals surface area contributed by atoms with E-state index < -0.39 is 11.7 Å². The van der Waals surface area contributed by atoms with Crippen LogP contribution in [0.15, 0.2) is 72.8 Å². The minimum absolute atomic E-state index is 0.157. The van der Waals surface area contributed by atoms with Gasteiger partial charge in [0.2, 0.25) is 0 Å². The summed E-state index contributed by atoms with van der Waals surface area (Å²) in [6, 6.07) is 21.6. The number of unbranched alkanes of at least 4 members (excludes halogenated alkanes) is 2. The Kier molecular flexibility index (Phi) is 14.4. The number of fused-ring (bicyclic) bond motifs is 1. The third-order valence-electron chi connectivity index (χ3n) is 5.85. The van der Waals surface area contributed by atoms with Crippen LogP contribution in [0.3, 0.4) is 0 Å². The molecule has 0 saturated heterocycles. The zero-order valence-electron chi connectivity index (χ0n) is 23.3. The number of alkyl halides is 3. The van der Waals surface area contributed by atoms with Gasteiger partial charge in [-0.3, -0.25) is 5.32 Å². The number of hydrogen-bond acceptors (Lipinski definition) is 2. The first-order chi connectivity index (χ1) is 17.7. The van der Waals surface area contributed by atoms with Gasteiger partial charge in [0.15, 0.2) is 0 Å². The Balaban J connectivity index is 0.000000375. The fourth-order valence-electron chi connectivity index (χ4n) is 3.70. The number of benzene rings is 3. The molecular weight excluding hydrogens is 469 g/mol. The Hall–Kier alpha value is -3.05. The molecule has 1 heterocycles. The second-order valence-corrected chi connectivity index (χ2v) is 8.53. The average Bonchev–Trinajstić information content (AvgIpc) is 2.91. The first kappa shape index (κ1) is 32.0. The largest absolute Gasteiger partial charge is 0.417 e. The zero-order valence-corrected chi connectivity index (χ0v) is 23.3. The van der Waals surface area contributed by atoms with E-state index in [2.05, 4.69) is 62.6 Å². The smallest absolute Gasteiger partial charge is 0.365 e. The minimum Gasteiger partial charge on any atom is -0.365 e. The molecule has 0 amide bonds. The summed E-state index contributed by atoms with van der Waals surface area (Å²) in [6.07, 6.45) is 1.23. The molecular formula is C32H43F3N2. The molecule has 1 aliphatic rings. The van der Waals surface area contributed by atoms with Crippen molar-refractivity contribution in [2.45, 2.75) is 73.1 Å². The second-order valence-electron chi connectivity index (χ2n) is 8.53. The third-order valence-corrected chi connectivity index (χ3v) is 5.85. The van der Waals surface area contributed by atoms with Crippen molar-refractivity contribution in [3.05, 3.63) is 106 Å². The van der Waals surface area contributed by atoms with Crippen molar-refractivity contribution in [3.63, 3.8) is 0 Å². The van der Waals surface area contributed by atoms with Crippen LogP contribution in [-0.2, 0) is 6.18 Å². The molecule has 2 nitrogen and oxygen atoms in total. The normalized spacial score (nSPS) is 13.7. The Bertz CT molecular complexity index is 1060. The number of aryl methyl sites for hydroxylation is 2. The highest BCUT2D eigenvalue weighted by molar-refractivity contribution is 5.85. The predicted octanol–water partition coefficient (Wildman–Crippen LogP) is 9.55.